The molecule has 2 aromatic carbocycles. The third-order valence-electron chi connectivity index (χ3n) is 4.62. The topological polar surface area (TPSA) is 92.5 Å². The third kappa shape index (κ3) is 3.91. The summed E-state index contributed by atoms with van der Waals surface area (Å²) in [5.41, 5.74) is 6.71. The van der Waals surface area contributed by atoms with Crippen molar-refractivity contribution in [3.05, 3.63) is 65.7 Å². The maximum Gasteiger partial charge on any atom is 0.253 e. The normalized spacial score (nSPS) is 14.7. The van der Waals surface area contributed by atoms with Crippen LogP contribution in [0.2, 0.25) is 0 Å². The van der Waals surface area contributed by atoms with Crippen LogP contribution in [-0.4, -0.2) is 35.7 Å². The van der Waals surface area contributed by atoms with Crippen LogP contribution in [0.25, 0.3) is 0 Å². The number of hydrogen-bond donors (Lipinski definition) is 2. The molecule has 0 atom stereocenters. The Bertz CT molecular complexity index is 812. The summed E-state index contributed by atoms with van der Waals surface area (Å²) in [6.45, 7) is 1.06. The molecular weight excluding hydrogens is 330 g/mol. The van der Waals surface area contributed by atoms with Gasteiger partial charge in [-0.2, -0.15) is 0 Å². The van der Waals surface area contributed by atoms with E-state index in [4.69, 9.17) is 5.73 Å². The van der Waals surface area contributed by atoms with Crippen LogP contribution in [0.4, 0.5) is 5.69 Å². The SMILES string of the molecule is NC(=O)c1ccccc1NC(=O)C1CCN(C(=O)c2ccccc2)CC1. The molecule has 6 heteroatoms. The molecule has 0 spiro atoms. The lowest BCUT2D eigenvalue weighted by Crippen LogP contribution is -2.41. The summed E-state index contributed by atoms with van der Waals surface area (Å²) in [5.74, 6) is -0.936. The molecule has 1 fully saturated rings. The lowest BCUT2D eigenvalue weighted by molar-refractivity contribution is -0.121. The van der Waals surface area contributed by atoms with E-state index >= 15 is 0 Å². The van der Waals surface area contributed by atoms with Crippen molar-refractivity contribution in [2.45, 2.75) is 12.8 Å². The summed E-state index contributed by atoms with van der Waals surface area (Å²) < 4.78 is 0. The Hall–Kier alpha value is -3.15. The molecule has 0 saturated carbocycles. The Morgan fingerprint density at radius 2 is 1.54 bits per heavy atom. The van der Waals surface area contributed by atoms with Gasteiger partial charge in [0.2, 0.25) is 5.91 Å². The number of carbonyl (C=O) groups excluding carboxylic acids is 3. The molecule has 3 N–H and O–H groups in total. The maximum absolute atomic E-state index is 12.5. The van der Waals surface area contributed by atoms with Crippen molar-refractivity contribution in [1.82, 2.24) is 4.90 Å². The Kier molecular flexibility index (Phi) is 5.31. The molecule has 0 aromatic heterocycles. The molecule has 1 aliphatic heterocycles. The molecule has 1 saturated heterocycles. The van der Waals surface area contributed by atoms with Crippen molar-refractivity contribution >= 4 is 23.4 Å². The van der Waals surface area contributed by atoms with E-state index in [1.165, 1.54) is 0 Å². The number of amides is 3. The smallest absolute Gasteiger partial charge is 0.253 e. The second kappa shape index (κ2) is 7.82. The van der Waals surface area contributed by atoms with Gasteiger partial charge in [0, 0.05) is 24.6 Å². The molecule has 0 radical (unpaired) electrons. The zero-order chi connectivity index (χ0) is 18.5. The maximum atomic E-state index is 12.5. The molecular formula is C20H21N3O3. The predicted molar refractivity (Wildman–Crippen MR) is 98.7 cm³/mol. The quantitative estimate of drug-likeness (QED) is 0.885. The Balaban J connectivity index is 1.59. The molecule has 0 bridgehead atoms. The highest BCUT2D eigenvalue weighted by atomic mass is 16.2. The first kappa shape index (κ1) is 17.7. The fraction of sp³-hybridized carbons (Fsp3) is 0.250. The van der Waals surface area contributed by atoms with Crippen molar-refractivity contribution < 1.29 is 14.4 Å². The van der Waals surface area contributed by atoms with Crippen LogP contribution in [0.15, 0.2) is 54.6 Å². The van der Waals surface area contributed by atoms with Crippen molar-refractivity contribution in [3.63, 3.8) is 0 Å². The minimum absolute atomic E-state index is 0.0106. The Morgan fingerprint density at radius 1 is 0.923 bits per heavy atom. The molecule has 1 heterocycles. The summed E-state index contributed by atoms with van der Waals surface area (Å²) in [4.78, 5) is 38.2. The second-order valence-electron chi connectivity index (χ2n) is 6.33. The van der Waals surface area contributed by atoms with Crippen molar-refractivity contribution in [2.75, 3.05) is 18.4 Å². The number of piperidine rings is 1. The van der Waals surface area contributed by atoms with E-state index in [1.807, 2.05) is 18.2 Å². The van der Waals surface area contributed by atoms with E-state index < -0.39 is 5.91 Å². The largest absolute Gasteiger partial charge is 0.366 e. The van der Waals surface area contributed by atoms with E-state index in [1.54, 1.807) is 41.3 Å². The fourth-order valence-electron chi connectivity index (χ4n) is 3.15. The Morgan fingerprint density at radius 3 is 2.19 bits per heavy atom. The number of primary amides is 1. The number of nitrogens with one attached hydrogen (secondary N) is 1. The zero-order valence-electron chi connectivity index (χ0n) is 14.4. The van der Waals surface area contributed by atoms with Gasteiger partial charge in [-0.05, 0) is 37.1 Å². The number of nitrogens with two attached hydrogens (primary N) is 1. The number of para-hydroxylation sites is 1. The first-order valence-corrected chi connectivity index (χ1v) is 8.60. The van der Waals surface area contributed by atoms with Gasteiger partial charge in [0.25, 0.3) is 11.8 Å². The minimum atomic E-state index is -0.579. The summed E-state index contributed by atoms with van der Waals surface area (Å²) in [6.07, 6.45) is 1.17. The van der Waals surface area contributed by atoms with Gasteiger partial charge in [-0.3, -0.25) is 14.4 Å². The van der Waals surface area contributed by atoms with Crippen LogP contribution in [-0.2, 0) is 4.79 Å². The number of carbonyl (C=O) groups is 3. The standard InChI is InChI=1S/C20H21N3O3/c21-18(24)16-8-4-5-9-17(16)22-19(25)14-10-12-23(13-11-14)20(26)15-6-2-1-3-7-15/h1-9,14H,10-13H2,(H2,21,24)(H,22,25). The van der Waals surface area contributed by atoms with E-state index in [-0.39, 0.29) is 23.3 Å². The van der Waals surface area contributed by atoms with Crippen molar-refractivity contribution in [3.8, 4) is 0 Å². The number of nitrogens with zero attached hydrogens (tertiary/aromatic N) is 1. The molecule has 134 valence electrons. The van der Waals surface area contributed by atoms with Crippen LogP contribution < -0.4 is 11.1 Å². The van der Waals surface area contributed by atoms with Crippen LogP contribution >= 0.6 is 0 Å². The molecule has 2 aromatic rings. The van der Waals surface area contributed by atoms with Crippen molar-refractivity contribution in [2.24, 2.45) is 11.7 Å². The van der Waals surface area contributed by atoms with Gasteiger partial charge in [0.15, 0.2) is 0 Å². The Labute approximate surface area is 152 Å². The average molecular weight is 351 g/mol. The third-order valence-corrected chi connectivity index (χ3v) is 4.62. The molecule has 6 nitrogen and oxygen atoms in total. The monoisotopic (exact) mass is 351 g/mol. The number of rotatable bonds is 4. The van der Waals surface area contributed by atoms with Crippen molar-refractivity contribution in [1.29, 1.82) is 0 Å². The number of likely N-dealkylation sites (tertiary alicyclic amines) is 1. The van der Waals surface area contributed by atoms with Gasteiger partial charge in [-0.25, -0.2) is 0 Å². The van der Waals surface area contributed by atoms with E-state index in [2.05, 4.69) is 5.32 Å². The molecule has 0 unspecified atom stereocenters. The lowest BCUT2D eigenvalue weighted by atomic mass is 9.95. The van der Waals surface area contributed by atoms with Gasteiger partial charge < -0.3 is 16.0 Å². The zero-order valence-corrected chi connectivity index (χ0v) is 14.4. The molecule has 3 rings (SSSR count). The number of hydrogen-bond acceptors (Lipinski definition) is 3. The predicted octanol–water partition coefficient (Wildman–Crippen LogP) is 2.28. The summed E-state index contributed by atoms with van der Waals surface area (Å²) in [5, 5.41) is 2.79. The molecule has 0 aliphatic carbocycles. The number of benzene rings is 2. The van der Waals surface area contributed by atoms with Gasteiger partial charge in [-0.1, -0.05) is 30.3 Å². The number of anilines is 1. The highest BCUT2D eigenvalue weighted by Crippen LogP contribution is 2.22. The molecule has 1 aliphatic rings. The van der Waals surface area contributed by atoms with E-state index in [0.29, 0.717) is 37.2 Å². The minimum Gasteiger partial charge on any atom is -0.366 e. The molecule has 3 amide bonds. The molecule has 26 heavy (non-hydrogen) atoms. The van der Waals surface area contributed by atoms with Crippen LogP contribution in [0.1, 0.15) is 33.6 Å². The van der Waals surface area contributed by atoms with Crippen LogP contribution in [0, 0.1) is 5.92 Å². The summed E-state index contributed by atoms with van der Waals surface area (Å²) in [6, 6.07) is 15.8. The first-order valence-electron chi connectivity index (χ1n) is 8.60. The van der Waals surface area contributed by atoms with Gasteiger partial charge in [-0.15, -0.1) is 0 Å². The highest BCUT2D eigenvalue weighted by Gasteiger charge is 2.28. The first-order chi connectivity index (χ1) is 12.6. The van der Waals surface area contributed by atoms with Crippen LogP contribution in [0.3, 0.4) is 0 Å². The van der Waals surface area contributed by atoms with E-state index in [9.17, 15) is 14.4 Å². The van der Waals surface area contributed by atoms with Crippen LogP contribution in [0.5, 0.6) is 0 Å². The highest BCUT2D eigenvalue weighted by molar-refractivity contribution is 6.03. The van der Waals surface area contributed by atoms with Gasteiger partial charge in [0.05, 0.1) is 11.3 Å². The van der Waals surface area contributed by atoms with E-state index in [0.717, 1.165) is 0 Å². The second-order valence-corrected chi connectivity index (χ2v) is 6.33. The summed E-state index contributed by atoms with van der Waals surface area (Å²) in [7, 11) is 0. The summed E-state index contributed by atoms with van der Waals surface area (Å²) >= 11 is 0. The lowest BCUT2D eigenvalue weighted by Gasteiger charge is -2.31. The van der Waals surface area contributed by atoms with Gasteiger partial charge in [0.1, 0.15) is 0 Å². The van der Waals surface area contributed by atoms with Gasteiger partial charge >= 0.3 is 0 Å². The fourth-order valence-corrected chi connectivity index (χ4v) is 3.15. The average Bonchev–Trinajstić information content (AvgIpc) is 2.68.